The van der Waals surface area contributed by atoms with E-state index in [2.05, 4.69) is 18.5 Å². The molecule has 0 aliphatic carbocycles. The molecule has 2 aromatic rings. The number of likely N-dealkylation sites (tertiary alicyclic amines) is 1. The van der Waals surface area contributed by atoms with Crippen LogP contribution in [-0.4, -0.2) is 30.1 Å². The van der Waals surface area contributed by atoms with Crippen molar-refractivity contribution in [3.63, 3.8) is 0 Å². The molecular formula is C27H28F6N2O2. The molecule has 2 aromatic carbocycles. The van der Waals surface area contributed by atoms with Crippen molar-refractivity contribution in [3.8, 4) is 0 Å². The Labute approximate surface area is 211 Å². The van der Waals surface area contributed by atoms with Gasteiger partial charge in [-0.2, -0.15) is 26.3 Å². The van der Waals surface area contributed by atoms with Gasteiger partial charge in [-0.05, 0) is 42.7 Å². The van der Waals surface area contributed by atoms with Gasteiger partial charge >= 0.3 is 12.4 Å². The highest BCUT2D eigenvalue weighted by Gasteiger charge is 2.38. The predicted octanol–water partition coefficient (Wildman–Crippen LogP) is 6.61. The van der Waals surface area contributed by atoms with Gasteiger partial charge in [0, 0.05) is 6.42 Å². The van der Waals surface area contributed by atoms with Crippen molar-refractivity contribution < 1.29 is 35.9 Å². The average molecular weight is 527 g/mol. The van der Waals surface area contributed by atoms with Gasteiger partial charge in [0.1, 0.15) is 0 Å². The Hall–Kier alpha value is -3.11. The lowest BCUT2D eigenvalue weighted by molar-refractivity contribution is -0.143. The van der Waals surface area contributed by atoms with Crippen molar-refractivity contribution in [3.05, 3.63) is 96.1 Å². The van der Waals surface area contributed by atoms with Gasteiger partial charge in [0.05, 0.1) is 42.1 Å². The largest absolute Gasteiger partial charge is 0.416 e. The summed E-state index contributed by atoms with van der Waals surface area (Å²) >= 11 is 0. The number of benzene rings is 2. The van der Waals surface area contributed by atoms with E-state index >= 15 is 0 Å². The topological polar surface area (TPSA) is 41.6 Å². The summed E-state index contributed by atoms with van der Waals surface area (Å²) < 4.78 is 85.8. The summed E-state index contributed by atoms with van der Waals surface area (Å²) in [4.78, 5) is 14.0. The van der Waals surface area contributed by atoms with Crippen molar-refractivity contribution in [2.45, 2.75) is 49.8 Å². The van der Waals surface area contributed by atoms with Crippen LogP contribution in [0.4, 0.5) is 26.3 Å². The zero-order valence-corrected chi connectivity index (χ0v) is 20.2. The number of carbonyl (C=O) groups is 1. The first kappa shape index (κ1) is 28.5. The molecule has 1 N–H and O–H groups in total. The van der Waals surface area contributed by atoms with Crippen molar-refractivity contribution >= 4 is 5.91 Å². The lowest BCUT2D eigenvalue weighted by Crippen LogP contribution is -2.51. The van der Waals surface area contributed by atoms with Crippen LogP contribution >= 0.6 is 0 Å². The number of alkyl halides is 6. The second-order valence-corrected chi connectivity index (χ2v) is 8.87. The minimum absolute atomic E-state index is 0.0682. The van der Waals surface area contributed by atoms with E-state index in [1.807, 2.05) is 0 Å². The smallest absolute Gasteiger partial charge is 0.371 e. The first-order chi connectivity index (χ1) is 17.3. The fourth-order valence-corrected chi connectivity index (χ4v) is 4.22. The molecule has 1 aliphatic heterocycles. The predicted molar refractivity (Wildman–Crippen MR) is 127 cm³/mol. The molecular weight excluding hydrogens is 498 g/mol. The summed E-state index contributed by atoms with van der Waals surface area (Å²) in [7, 11) is 0. The Bertz CT molecular complexity index is 1080. The van der Waals surface area contributed by atoms with E-state index in [4.69, 9.17) is 4.74 Å². The average Bonchev–Trinajstić information content (AvgIpc) is 3.22. The van der Waals surface area contributed by atoms with Crippen molar-refractivity contribution in [2.75, 3.05) is 13.3 Å². The molecule has 0 aromatic heterocycles. The molecule has 0 unspecified atom stereocenters. The minimum atomic E-state index is -4.96. The zero-order chi connectivity index (χ0) is 27.4. The highest BCUT2D eigenvalue weighted by molar-refractivity contribution is 5.79. The van der Waals surface area contributed by atoms with Gasteiger partial charge in [0.15, 0.2) is 0 Å². The van der Waals surface area contributed by atoms with Crippen LogP contribution in [0.2, 0.25) is 0 Å². The fraction of sp³-hybridized carbons (Fsp3) is 0.370. The lowest BCUT2D eigenvalue weighted by Gasteiger charge is -2.36. The van der Waals surface area contributed by atoms with Gasteiger partial charge in [-0.3, -0.25) is 10.1 Å². The van der Waals surface area contributed by atoms with Crippen molar-refractivity contribution in [1.82, 2.24) is 10.2 Å². The summed E-state index contributed by atoms with van der Waals surface area (Å²) in [6, 6.07) is 10.1. The SMILES string of the molecule is C=C[C@H]1CCC(=O)N1CN[C@](C=C)(CO[C@H](C)c1cc(C(F)(F)F)cc(C(F)(F)F)c1)c1ccccc1. The molecule has 1 saturated heterocycles. The number of nitrogens with zero attached hydrogens (tertiary/aromatic N) is 1. The number of nitrogens with one attached hydrogen (secondary N) is 1. The molecule has 10 heteroatoms. The van der Waals surface area contributed by atoms with Crippen LogP contribution in [0.15, 0.2) is 73.8 Å². The van der Waals surface area contributed by atoms with Crippen LogP contribution in [0.5, 0.6) is 0 Å². The molecule has 0 bridgehead atoms. The molecule has 1 aliphatic rings. The Kier molecular flexibility index (Phi) is 8.54. The quantitative estimate of drug-likeness (QED) is 0.280. The Morgan fingerprint density at radius 2 is 1.62 bits per heavy atom. The Morgan fingerprint density at radius 1 is 1.03 bits per heavy atom. The van der Waals surface area contributed by atoms with Gasteiger partial charge in [-0.25, -0.2) is 0 Å². The third kappa shape index (κ3) is 6.61. The van der Waals surface area contributed by atoms with Crippen LogP contribution in [0.25, 0.3) is 0 Å². The number of rotatable bonds is 10. The molecule has 4 nitrogen and oxygen atoms in total. The summed E-state index contributed by atoms with van der Waals surface area (Å²) in [5.41, 5.74) is -3.49. The second kappa shape index (κ2) is 11.1. The molecule has 200 valence electrons. The standard InChI is InChI=1S/C27H28F6N2O2/c1-4-23-11-12-24(36)35(23)17-34-25(5-2,20-9-7-6-8-10-20)16-37-18(3)19-13-21(26(28,29)30)15-22(14-19)27(31,32)33/h4-10,13-15,18,23,34H,1-2,11-12,16-17H2,3H3/t18-,23+,25-/m1/s1. The summed E-state index contributed by atoms with van der Waals surface area (Å²) in [5, 5.41) is 3.27. The molecule has 3 atom stereocenters. The summed E-state index contributed by atoms with van der Waals surface area (Å²) in [5.74, 6) is -0.0682. The molecule has 0 spiro atoms. The summed E-state index contributed by atoms with van der Waals surface area (Å²) in [6.45, 7) is 8.97. The highest BCUT2D eigenvalue weighted by atomic mass is 19.4. The van der Waals surface area contributed by atoms with E-state index in [-0.39, 0.29) is 36.9 Å². The van der Waals surface area contributed by atoms with E-state index < -0.39 is 35.1 Å². The maximum atomic E-state index is 13.3. The third-order valence-electron chi connectivity index (χ3n) is 6.49. The zero-order valence-electron chi connectivity index (χ0n) is 20.2. The van der Waals surface area contributed by atoms with Crippen LogP contribution in [0.3, 0.4) is 0 Å². The third-order valence-corrected chi connectivity index (χ3v) is 6.49. The molecule has 3 rings (SSSR count). The van der Waals surface area contributed by atoms with E-state index in [1.165, 1.54) is 6.92 Å². The maximum Gasteiger partial charge on any atom is 0.416 e. The van der Waals surface area contributed by atoms with Crippen LogP contribution in [0.1, 0.15) is 48.1 Å². The molecule has 0 saturated carbocycles. The molecule has 1 heterocycles. The van der Waals surface area contributed by atoms with E-state index in [0.29, 0.717) is 30.5 Å². The number of hydrogen-bond donors (Lipinski definition) is 1. The number of carbonyl (C=O) groups excluding carboxylic acids is 1. The van der Waals surface area contributed by atoms with Crippen LogP contribution in [-0.2, 0) is 27.4 Å². The second-order valence-electron chi connectivity index (χ2n) is 8.87. The monoisotopic (exact) mass is 526 g/mol. The van der Waals surface area contributed by atoms with E-state index in [1.54, 1.807) is 47.4 Å². The first-order valence-corrected chi connectivity index (χ1v) is 11.6. The van der Waals surface area contributed by atoms with Crippen molar-refractivity contribution in [1.29, 1.82) is 0 Å². The van der Waals surface area contributed by atoms with Crippen LogP contribution in [0, 0.1) is 0 Å². The highest BCUT2D eigenvalue weighted by Crippen LogP contribution is 2.38. The molecule has 1 amide bonds. The minimum Gasteiger partial charge on any atom is -0.371 e. The number of halogens is 6. The van der Waals surface area contributed by atoms with E-state index in [9.17, 15) is 31.1 Å². The molecule has 37 heavy (non-hydrogen) atoms. The van der Waals surface area contributed by atoms with E-state index in [0.717, 1.165) is 0 Å². The Balaban J connectivity index is 1.89. The fourth-order valence-electron chi connectivity index (χ4n) is 4.22. The van der Waals surface area contributed by atoms with Gasteiger partial charge in [0.2, 0.25) is 5.91 Å². The van der Waals surface area contributed by atoms with Gasteiger partial charge < -0.3 is 9.64 Å². The summed E-state index contributed by atoms with van der Waals surface area (Å²) in [6.07, 6.45) is -6.83. The lowest BCUT2D eigenvalue weighted by atomic mass is 9.90. The number of hydrogen-bond acceptors (Lipinski definition) is 3. The molecule has 0 radical (unpaired) electrons. The maximum absolute atomic E-state index is 13.3. The van der Waals surface area contributed by atoms with Gasteiger partial charge in [0.25, 0.3) is 0 Å². The Morgan fingerprint density at radius 3 is 2.14 bits per heavy atom. The normalized spacial score (nSPS) is 18.9. The molecule has 1 fully saturated rings. The number of amides is 1. The number of ether oxygens (including phenoxy) is 1. The first-order valence-electron chi connectivity index (χ1n) is 11.6. The van der Waals surface area contributed by atoms with Crippen LogP contribution < -0.4 is 5.32 Å². The van der Waals surface area contributed by atoms with Gasteiger partial charge in [-0.1, -0.05) is 42.5 Å². The van der Waals surface area contributed by atoms with Gasteiger partial charge in [-0.15, -0.1) is 13.2 Å². The van der Waals surface area contributed by atoms with Crippen molar-refractivity contribution in [2.24, 2.45) is 0 Å².